The second-order valence-corrected chi connectivity index (χ2v) is 8.83. The fraction of sp³-hybridized carbons (Fsp3) is 0.364. The van der Waals surface area contributed by atoms with Crippen molar-refractivity contribution >= 4 is 27.7 Å². The van der Waals surface area contributed by atoms with E-state index >= 15 is 0 Å². The maximum Gasteiger partial charge on any atom is 0.339 e. The Balaban J connectivity index is 2.30. The van der Waals surface area contributed by atoms with Gasteiger partial charge in [0.2, 0.25) is 5.91 Å². The van der Waals surface area contributed by atoms with E-state index in [4.69, 9.17) is 8.92 Å². The molecule has 0 aliphatic rings. The highest BCUT2D eigenvalue weighted by Crippen LogP contribution is 2.31. The van der Waals surface area contributed by atoms with Crippen LogP contribution in [0.25, 0.3) is 0 Å². The van der Waals surface area contributed by atoms with Gasteiger partial charge in [0.15, 0.2) is 11.5 Å². The minimum atomic E-state index is -4.16. The second kappa shape index (κ2) is 10.9. The predicted octanol–water partition coefficient (Wildman–Crippen LogP) is 3.36. The van der Waals surface area contributed by atoms with Crippen molar-refractivity contribution in [3.8, 4) is 11.5 Å². The molecule has 2 aromatic carbocycles. The van der Waals surface area contributed by atoms with E-state index < -0.39 is 10.1 Å². The first kappa shape index (κ1) is 25.0. The number of hydrogen-bond acceptors (Lipinski definition) is 6. The summed E-state index contributed by atoms with van der Waals surface area (Å²) in [6.07, 6.45) is 0. The molecule has 0 aliphatic heterocycles. The van der Waals surface area contributed by atoms with Crippen LogP contribution in [0, 0.1) is 0 Å². The van der Waals surface area contributed by atoms with Crippen LogP contribution in [0.5, 0.6) is 11.5 Å². The zero-order chi connectivity index (χ0) is 23.9. The molecule has 2 rings (SSSR count). The number of nitrogens with one attached hydrogen (secondary N) is 2. The van der Waals surface area contributed by atoms with E-state index in [0.29, 0.717) is 17.8 Å². The number of hydrogen-bond donors (Lipinski definition) is 2. The van der Waals surface area contributed by atoms with Gasteiger partial charge in [-0.15, -0.1) is 0 Å². The number of ether oxygens (including phenoxy) is 1. The van der Waals surface area contributed by atoms with Crippen LogP contribution < -0.4 is 19.6 Å². The summed E-state index contributed by atoms with van der Waals surface area (Å²) in [5.74, 6) is -0.0155. The molecule has 0 unspecified atom stereocenters. The third kappa shape index (κ3) is 6.61. The van der Waals surface area contributed by atoms with Crippen molar-refractivity contribution in [2.45, 2.75) is 45.2 Å². The predicted molar refractivity (Wildman–Crippen MR) is 121 cm³/mol. The van der Waals surface area contributed by atoms with Gasteiger partial charge in [-0.3, -0.25) is 4.79 Å². The van der Waals surface area contributed by atoms with Crippen molar-refractivity contribution in [2.75, 3.05) is 19.0 Å². The summed E-state index contributed by atoms with van der Waals surface area (Å²) in [4.78, 5) is 25.0. The normalized spacial score (nSPS) is 11.1. The molecular weight excluding hydrogens is 434 g/mol. The highest BCUT2D eigenvalue weighted by Gasteiger charge is 2.21. The van der Waals surface area contributed by atoms with E-state index in [1.165, 1.54) is 44.4 Å². The molecule has 0 aliphatic carbocycles. The SMILES string of the molecule is CCNC(=O)N(Cc1ccc(OC)c(OS(=O)(=O)c2ccc(NC(C)=O)cc2)c1)C(C)C. The van der Waals surface area contributed by atoms with Crippen LogP contribution in [0.3, 0.4) is 0 Å². The second-order valence-electron chi connectivity index (χ2n) is 7.29. The Hall–Kier alpha value is -3.27. The Morgan fingerprint density at radius 2 is 1.72 bits per heavy atom. The van der Waals surface area contributed by atoms with Gasteiger partial charge < -0.3 is 24.5 Å². The first-order valence-corrected chi connectivity index (χ1v) is 11.5. The topological polar surface area (TPSA) is 114 Å². The lowest BCUT2D eigenvalue weighted by atomic mass is 10.1. The Morgan fingerprint density at radius 1 is 1.06 bits per heavy atom. The van der Waals surface area contributed by atoms with E-state index in [2.05, 4.69) is 10.6 Å². The van der Waals surface area contributed by atoms with Crippen molar-refractivity contribution in [2.24, 2.45) is 0 Å². The molecule has 0 spiro atoms. The highest BCUT2D eigenvalue weighted by atomic mass is 32.2. The van der Waals surface area contributed by atoms with Gasteiger partial charge in [0.25, 0.3) is 0 Å². The van der Waals surface area contributed by atoms with Crippen molar-refractivity contribution in [3.05, 3.63) is 48.0 Å². The molecule has 3 amide bonds. The lowest BCUT2D eigenvalue weighted by Crippen LogP contribution is -2.43. The number of urea groups is 1. The number of nitrogens with zero attached hydrogens (tertiary/aromatic N) is 1. The fourth-order valence-electron chi connectivity index (χ4n) is 2.90. The van der Waals surface area contributed by atoms with Crippen molar-refractivity contribution in [1.29, 1.82) is 0 Å². The lowest BCUT2D eigenvalue weighted by Gasteiger charge is -2.27. The number of amides is 3. The molecule has 32 heavy (non-hydrogen) atoms. The Morgan fingerprint density at radius 3 is 2.25 bits per heavy atom. The van der Waals surface area contributed by atoms with Gasteiger partial charge in [0.05, 0.1) is 7.11 Å². The Bertz CT molecular complexity index is 1050. The Labute approximate surface area is 188 Å². The minimum absolute atomic E-state index is 0.00976. The monoisotopic (exact) mass is 463 g/mol. The summed E-state index contributed by atoms with van der Waals surface area (Å²) in [5, 5.41) is 5.34. The number of rotatable bonds is 9. The summed E-state index contributed by atoms with van der Waals surface area (Å²) in [6.45, 7) is 7.74. The van der Waals surface area contributed by atoms with E-state index in [-0.39, 0.29) is 40.9 Å². The van der Waals surface area contributed by atoms with Crippen LogP contribution in [0.1, 0.15) is 33.3 Å². The summed E-state index contributed by atoms with van der Waals surface area (Å²) >= 11 is 0. The number of carbonyl (C=O) groups is 2. The van der Waals surface area contributed by atoms with Gasteiger partial charge >= 0.3 is 16.1 Å². The molecule has 0 atom stereocenters. The maximum atomic E-state index is 12.8. The molecule has 174 valence electrons. The summed E-state index contributed by atoms with van der Waals surface area (Å²) < 4.78 is 36.2. The molecule has 0 bridgehead atoms. The molecular formula is C22H29N3O6S. The van der Waals surface area contributed by atoms with E-state index in [0.717, 1.165) is 0 Å². The first-order chi connectivity index (χ1) is 15.1. The molecule has 9 nitrogen and oxygen atoms in total. The average Bonchev–Trinajstić information content (AvgIpc) is 2.71. The van der Waals surface area contributed by atoms with Gasteiger partial charge in [0, 0.05) is 31.7 Å². The number of anilines is 1. The minimum Gasteiger partial charge on any atom is -0.493 e. The summed E-state index contributed by atoms with van der Waals surface area (Å²) in [7, 11) is -2.75. The van der Waals surface area contributed by atoms with Crippen LogP contribution in [0.2, 0.25) is 0 Å². The molecule has 0 radical (unpaired) electrons. The molecule has 0 heterocycles. The van der Waals surface area contributed by atoms with Crippen LogP contribution in [0.15, 0.2) is 47.4 Å². The smallest absolute Gasteiger partial charge is 0.339 e. The van der Waals surface area contributed by atoms with Crippen molar-refractivity contribution in [3.63, 3.8) is 0 Å². The van der Waals surface area contributed by atoms with E-state index in [1.807, 2.05) is 20.8 Å². The van der Waals surface area contributed by atoms with Crippen LogP contribution in [0.4, 0.5) is 10.5 Å². The summed E-state index contributed by atoms with van der Waals surface area (Å²) in [5.41, 5.74) is 1.15. The van der Waals surface area contributed by atoms with E-state index in [1.54, 1.807) is 17.0 Å². The van der Waals surface area contributed by atoms with Gasteiger partial charge in [-0.2, -0.15) is 8.42 Å². The summed E-state index contributed by atoms with van der Waals surface area (Å²) in [6, 6.07) is 10.2. The fourth-order valence-corrected chi connectivity index (χ4v) is 3.83. The van der Waals surface area contributed by atoms with Crippen LogP contribution in [-0.2, 0) is 21.5 Å². The first-order valence-electron chi connectivity index (χ1n) is 10.1. The highest BCUT2D eigenvalue weighted by molar-refractivity contribution is 7.87. The lowest BCUT2D eigenvalue weighted by molar-refractivity contribution is -0.114. The number of methoxy groups -OCH3 is 1. The third-order valence-electron chi connectivity index (χ3n) is 4.46. The molecule has 0 saturated heterocycles. The standard InChI is InChI=1S/C22H29N3O6S/c1-6-23-22(27)25(15(2)3)14-17-7-12-20(30-5)21(13-17)31-32(28,29)19-10-8-18(9-11-19)24-16(4)26/h7-13,15H,6,14H2,1-5H3,(H,23,27)(H,24,26). The zero-order valence-electron chi connectivity index (χ0n) is 18.8. The average molecular weight is 464 g/mol. The van der Waals surface area contributed by atoms with Gasteiger partial charge in [-0.05, 0) is 62.7 Å². The molecule has 10 heteroatoms. The van der Waals surface area contributed by atoms with Crippen molar-refractivity contribution < 1.29 is 26.9 Å². The molecule has 2 aromatic rings. The molecule has 2 N–H and O–H groups in total. The maximum absolute atomic E-state index is 12.8. The molecule has 0 fully saturated rings. The van der Waals surface area contributed by atoms with Gasteiger partial charge in [-0.25, -0.2) is 4.79 Å². The largest absolute Gasteiger partial charge is 0.493 e. The molecule has 0 saturated carbocycles. The van der Waals surface area contributed by atoms with Crippen LogP contribution >= 0.6 is 0 Å². The van der Waals surface area contributed by atoms with Gasteiger partial charge in [0.1, 0.15) is 4.90 Å². The quantitative estimate of drug-likeness (QED) is 0.551. The zero-order valence-corrected chi connectivity index (χ0v) is 19.7. The third-order valence-corrected chi connectivity index (χ3v) is 5.70. The van der Waals surface area contributed by atoms with Gasteiger partial charge in [-0.1, -0.05) is 6.07 Å². The Kier molecular flexibility index (Phi) is 8.48. The van der Waals surface area contributed by atoms with E-state index in [9.17, 15) is 18.0 Å². The number of carbonyl (C=O) groups excluding carboxylic acids is 2. The van der Waals surface area contributed by atoms with Crippen LogP contribution in [-0.4, -0.2) is 45.0 Å². The van der Waals surface area contributed by atoms with Crippen molar-refractivity contribution in [1.82, 2.24) is 10.2 Å². The molecule has 0 aromatic heterocycles. The number of benzene rings is 2.